The largest absolute Gasteiger partial charge is 0.463 e. The number of hydrogen-bond donors (Lipinski definition) is 2. The molecule has 0 amide bonds. The summed E-state index contributed by atoms with van der Waals surface area (Å²) in [6, 6.07) is 0. The van der Waals surface area contributed by atoms with Crippen molar-refractivity contribution in [1.29, 1.82) is 0 Å². The van der Waals surface area contributed by atoms with Crippen LogP contribution in [-0.4, -0.2) is 34.5 Å². The van der Waals surface area contributed by atoms with Crippen molar-refractivity contribution in [3.63, 3.8) is 0 Å². The van der Waals surface area contributed by atoms with E-state index < -0.39 is 17.7 Å². The molecule has 0 aliphatic rings. The molecule has 0 unspecified atom stereocenters. The maximum absolute atomic E-state index is 10.8. The van der Waals surface area contributed by atoms with Gasteiger partial charge in [-0.2, -0.15) is 0 Å². The first-order chi connectivity index (χ1) is 5.90. The Morgan fingerprint density at radius 3 is 2.62 bits per heavy atom. The van der Waals surface area contributed by atoms with Crippen LogP contribution in [0.1, 0.15) is 20.8 Å². The molecule has 0 rings (SSSR count). The Kier molecular flexibility index (Phi) is 4.66. The van der Waals surface area contributed by atoms with Gasteiger partial charge in [-0.15, -0.1) is 0 Å². The fraction of sp³-hybridized carbons (Fsp3) is 0.667. The molecule has 4 nitrogen and oxygen atoms in total. The lowest BCUT2D eigenvalue weighted by molar-refractivity contribution is -0.137. The van der Waals surface area contributed by atoms with Crippen molar-refractivity contribution < 1.29 is 19.7 Å². The van der Waals surface area contributed by atoms with Crippen molar-refractivity contribution in [1.82, 2.24) is 0 Å². The van der Waals surface area contributed by atoms with E-state index in [-0.39, 0.29) is 0 Å². The van der Waals surface area contributed by atoms with E-state index in [1.165, 1.54) is 19.9 Å². The van der Waals surface area contributed by atoms with E-state index in [4.69, 9.17) is 5.11 Å². The summed E-state index contributed by atoms with van der Waals surface area (Å²) in [5, 5.41) is 18.5. The minimum absolute atomic E-state index is 0.292. The fourth-order valence-electron chi connectivity index (χ4n) is 0.566. The molecule has 0 radical (unpaired) electrons. The van der Waals surface area contributed by atoms with E-state index in [0.717, 1.165) is 6.08 Å². The summed E-state index contributed by atoms with van der Waals surface area (Å²) in [4.78, 5) is 10.8. The molecule has 0 aliphatic carbocycles. The van der Waals surface area contributed by atoms with Crippen LogP contribution in [0.25, 0.3) is 0 Å². The van der Waals surface area contributed by atoms with Gasteiger partial charge in [0.05, 0.1) is 12.7 Å². The first-order valence-electron chi connectivity index (χ1n) is 4.16. The minimum atomic E-state index is -1.40. The molecule has 0 bridgehead atoms. The molecule has 4 heteroatoms. The molecule has 0 aliphatic heterocycles. The summed E-state index contributed by atoms with van der Waals surface area (Å²) < 4.78 is 4.60. The molecule has 76 valence electrons. The van der Waals surface area contributed by atoms with Crippen LogP contribution >= 0.6 is 0 Å². The van der Waals surface area contributed by atoms with Gasteiger partial charge in [0, 0.05) is 6.08 Å². The standard InChI is InChI=1S/C9H16O4/c1-4-13-8(11)5-6-9(3,12)7(2)10/h5-7,10,12H,4H2,1-3H3/b6-5+/t7-,9+/m0/s1. The van der Waals surface area contributed by atoms with Gasteiger partial charge in [-0.3, -0.25) is 0 Å². The highest BCUT2D eigenvalue weighted by Gasteiger charge is 2.23. The van der Waals surface area contributed by atoms with Gasteiger partial charge in [0.1, 0.15) is 5.60 Å². The Morgan fingerprint density at radius 1 is 1.69 bits per heavy atom. The molecular formula is C9H16O4. The molecule has 2 N–H and O–H groups in total. The average molecular weight is 188 g/mol. The van der Waals surface area contributed by atoms with Crippen LogP contribution in [0.2, 0.25) is 0 Å². The van der Waals surface area contributed by atoms with Crippen molar-refractivity contribution >= 4 is 5.97 Å². The zero-order valence-corrected chi connectivity index (χ0v) is 8.15. The number of hydrogen-bond acceptors (Lipinski definition) is 4. The monoisotopic (exact) mass is 188 g/mol. The van der Waals surface area contributed by atoms with E-state index in [0.29, 0.717) is 6.61 Å². The van der Waals surface area contributed by atoms with Crippen molar-refractivity contribution in [2.75, 3.05) is 6.61 Å². The number of aliphatic hydroxyl groups is 2. The molecule has 2 atom stereocenters. The Balaban J connectivity index is 4.17. The number of carbonyl (C=O) groups is 1. The van der Waals surface area contributed by atoms with Crippen molar-refractivity contribution in [3.05, 3.63) is 12.2 Å². The summed E-state index contributed by atoms with van der Waals surface area (Å²) in [6.07, 6.45) is 1.39. The smallest absolute Gasteiger partial charge is 0.330 e. The highest BCUT2D eigenvalue weighted by Crippen LogP contribution is 2.10. The van der Waals surface area contributed by atoms with Crippen molar-refractivity contribution in [3.8, 4) is 0 Å². The van der Waals surface area contributed by atoms with Gasteiger partial charge in [-0.25, -0.2) is 4.79 Å². The van der Waals surface area contributed by atoms with Crippen LogP contribution in [0.3, 0.4) is 0 Å². The molecule has 0 spiro atoms. The van der Waals surface area contributed by atoms with Gasteiger partial charge in [-0.05, 0) is 26.8 Å². The first kappa shape index (κ1) is 12.1. The van der Waals surface area contributed by atoms with E-state index in [9.17, 15) is 9.90 Å². The van der Waals surface area contributed by atoms with Crippen LogP contribution in [0, 0.1) is 0 Å². The second kappa shape index (κ2) is 4.99. The number of carbonyl (C=O) groups excluding carboxylic acids is 1. The summed E-state index contributed by atoms with van der Waals surface area (Å²) in [6.45, 7) is 4.83. The van der Waals surface area contributed by atoms with E-state index in [2.05, 4.69) is 4.74 Å². The SMILES string of the molecule is CCOC(=O)/C=C/[C@@](C)(O)[C@H](C)O. The third-order valence-electron chi connectivity index (χ3n) is 1.69. The normalized spacial score (nSPS) is 18.2. The number of aliphatic hydroxyl groups excluding tert-OH is 1. The van der Waals surface area contributed by atoms with Gasteiger partial charge in [-0.1, -0.05) is 0 Å². The second-order valence-electron chi connectivity index (χ2n) is 2.99. The molecule has 0 saturated carbocycles. The fourth-order valence-corrected chi connectivity index (χ4v) is 0.566. The van der Waals surface area contributed by atoms with Gasteiger partial charge in [0.15, 0.2) is 0 Å². The van der Waals surface area contributed by atoms with Gasteiger partial charge >= 0.3 is 5.97 Å². The third kappa shape index (κ3) is 4.65. The maximum Gasteiger partial charge on any atom is 0.330 e. The van der Waals surface area contributed by atoms with Gasteiger partial charge in [0.2, 0.25) is 0 Å². The zero-order valence-electron chi connectivity index (χ0n) is 8.15. The molecule has 0 saturated heterocycles. The van der Waals surface area contributed by atoms with Gasteiger partial charge < -0.3 is 14.9 Å². The Labute approximate surface area is 77.8 Å². The summed E-state index contributed by atoms with van der Waals surface area (Å²) in [5.41, 5.74) is -1.40. The summed E-state index contributed by atoms with van der Waals surface area (Å²) in [5.74, 6) is -0.525. The Hall–Kier alpha value is -0.870. The lowest BCUT2D eigenvalue weighted by atomic mass is 10.0. The minimum Gasteiger partial charge on any atom is -0.463 e. The van der Waals surface area contributed by atoms with Crippen LogP contribution < -0.4 is 0 Å². The van der Waals surface area contributed by atoms with Crippen LogP contribution in [0.5, 0.6) is 0 Å². The first-order valence-corrected chi connectivity index (χ1v) is 4.16. The predicted molar refractivity (Wildman–Crippen MR) is 48.1 cm³/mol. The number of esters is 1. The molecule has 13 heavy (non-hydrogen) atoms. The second-order valence-corrected chi connectivity index (χ2v) is 2.99. The van der Waals surface area contributed by atoms with Crippen LogP contribution in [0.4, 0.5) is 0 Å². The van der Waals surface area contributed by atoms with Crippen LogP contribution in [0.15, 0.2) is 12.2 Å². The Bertz CT molecular complexity index is 194. The third-order valence-corrected chi connectivity index (χ3v) is 1.69. The molecule has 0 heterocycles. The van der Waals surface area contributed by atoms with Crippen LogP contribution in [-0.2, 0) is 9.53 Å². The van der Waals surface area contributed by atoms with Crippen molar-refractivity contribution in [2.24, 2.45) is 0 Å². The average Bonchev–Trinajstić information content (AvgIpc) is 2.01. The van der Waals surface area contributed by atoms with E-state index in [1.807, 2.05) is 0 Å². The lowest BCUT2D eigenvalue weighted by Crippen LogP contribution is -2.34. The summed E-state index contributed by atoms with van der Waals surface area (Å²) in [7, 11) is 0. The predicted octanol–water partition coefficient (Wildman–Crippen LogP) is 0.237. The summed E-state index contributed by atoms with van der Waals surface area (Å²) >= 11 is 0. The molecular weight excluding hydrogens is 172 g/mol. The number of ether oxygens (including phenoxy) is 1. The quantitative estimate of drug-likeness (QED) is 0.490. The Morgan fingerprint density at radius 2 is 2.23 bits per heavy atom. The molecule has 0 aromatic heterocycles. The topological polar surface area (TPSA) is 66.8 Å². The highest BCUT2D eigenvalue weighted by molar-refractivity contribution is 5.82. The van der Waals surface area contributed by atoms with Gasteiger partial charge in [0.25, 0.3) is 0 Å². The molecule has 0 aromatic rings. The van der Waals surface area contributed by atoms with E-state index >= 15 is 0 Å². The highest BCUT2D eigenvalue weighted by atomic mass is 16.5. The maximum atomic E-state index is 10.8. The van der Waals surface area contributed by atoms with E-state index in [1.54, 1.807) is 6.92 Å². The number of rotatable bonds is 4. The molecule has 0 fully saturated rings. The lowest BCUT2D eigenvalue weighted by Gasteiger charge is -2.21. The zero-order chi connectivity index (χ0) is 10.5. The molecule has 0 aromatic carbocycles. The van der Waals surface area contributed by atoms with Crippen molar-refractivity contribution in [2.45, 2.75) is 32.5 Å².